The fourth-order valence-corrected chi connectivity index (χ4v) is 2.82. The average molecular weight is 223 g/mol. The van der Waals surface area contributed by atoms with E-state index in [9.17, 15) is 4.79 Å². The Bertz CT molecular complexity index is 251. The summed E-state index contributed by atoms with van der Waals surface area (Å²) in [6.45, 7) is 4.38. The summed E-state index contributed by atoms with van der Waals surface area (Å²) in [5.41, 5.74) is 0.270. The van der Waals surface area contributed by atoms with Crippen LogP contribution in [0.25, 0.3) is 0 Å². The largest absolute Gasteiger partial charge is 0.353 e. The third-order valence-electron chi connectivity index (χ3n) is 4.28. The van der Waals surface area contributed by atoms with Crippen LogP contribution in [-0.4, -0.2) is 11.9 Å². The Morgan fingerprint density at radius 2 is 1.56 bits per heavy atom. The molecule has 0 spiro atoms. The minimum atomic E-state index is 0.270. The normalized spacial score (nSPS) is 30.2. The van der Waals surface area contributed by atoms with Gasteiger partial charge in [0.25, 0.3) is 0 Å². The summed E-state index contributed by atoms with van der Waals surface area (Å²) in [7, 11) is 0. The van der Waals surface area contributed by atoms with Crippen molar-refractivity contribution in [2.45, 2.75) is 71.3 Å². The van der Waals surface area contributed by atoms with Gasteiger partial charge in [0.2, 0.25) is 5.91 Å². The van der Waals surface area contributed by atoms with Gasteiger partial charge in [-0.3, -0.25) is 4.79 Å². The maximum atomic E-state index is 12.0. The van der Waals surface area contributed by atoms with Crippen molar-refractivity contribution in [3.05, 3.63) is 0 Å². The highest BCUT2D eigenvalue weighted by Crippen LogP contribution is 2.51. The van der Waals surface area contributed by atoms with Gasteiger partial charge in [-0.1, -0.05) is 46.0 Å². The molecular formula is C14H25NO. The van der Waals surface area contributed by atoms with Crippen LogP contribution in [0.3, 0.4) is 0 Å². The van der Waals surface area contributed by atoms with Crippen molar-refractivity contribution in [3.63, 3.8) is 0 Å². The third kappa shape index (κ3) is 2.99. The van der Waals surface area contributed by atoms with Crippen molar-refractivity contribution in [2.75, 3.05) is 0 Å². The first-order valence-electron chi connectivity index (χ1n) is 6.90. The van der Waals surface area contributed by atoms with Crippen LogP contribution in [-0.2, 0) is 4.79 Å². The number of rotatable bonds is 2. The molecule has 16 heavy (non-hydrogen) atoms. The molecule has 0 aromatic carbocycles. The average Bonchev–Trinajstić information content (AvgIpc) is 2.80. The predicted molar refractivity (Wildman–Crippen MR) is 66.1 cm³/mol. The molecule has 2 aliphatic carbocycles. The third-order valence-corrected chi connectivity index (χ3v) is 4.28. The fraction of sp³-hybridized carbons (Fsp3) is 0.929. The van der Waals surface area contributed by atoms with Gasteiger partial charge in [0, 0.05) is 12.0 Å². The SMILES string of the molecule is CC1(C)C[C@@H]1C(=O)NC1CCCCCCC1. The minimum Gasteiger partial charge on any atom is -0.353 e. The van der Waals surface area contributed by atoms with Crippen LogP contribution in [0.2, 0.25) is 0 Å². The highest BCUT2D eigenvalue weighted by atomic mass is 16.2. The van der Waals surface area contributed by atoms with Crippen molar-refractivity contribution >= 4 is 5.91 Å². The van der Waals surface area contributed by atoms with Crippen LogP contribution in [0, 0.1) is 11.3 Å². The van der Waals surface area contributed by atoms with Crippen LogP contribution < -0.4 is 5.32 Å². The topological polar surface area (TPSA) is 29.1 Å². The second-order valence-corrected chi connectivity index (χ2v) is 6.30. The summed E-state index contributed by atoms with van der Waals surface area (Å²) in [6.07, 6.45) is 10.1. The van der Waals surface area contributed by atoms with Gasteiger partial charge >= 0.3 is 0 Å². The Kier molecular flexibility index (Phi) is 3.56. The molecule has 0 saturated heterocycles. The van der Waals surface area contributed by atoms with E-state index in [1.807, 2.05) is 0 Å². The first kappa shape index (κ1) is 11.9. The van der Waals surface area contributed by atoms with E-state index in [0.717, 1.165) is 6.42 Å². The van der Waals surface area contributed by atoms with E-state index in [-0.39, 0.29) is 11.3 Å². The summed E-state index contributed by atoms with van der Waals surface area (Å²) in [4.78, 5) is 12.0. The Morgan fingerprint density at radius 1 is 1.06 bits per heavy atom. The molecular weight excluding hydrogens is 198 g/mol. The van der Waals surface area contributed by atoms with E-state index in [4.69, 9.17) is 0 Å². The quantitative estimate of drug-likeness (QED) is 0.765. The molecule has 0 aromatic heterocycles. The highest BCUT2D eigenvalue weighted by Gasteiger charge is 2.50. The van der Waals surface area contributed by atoms with Crippen molar-refractivity contribution < 1.29 is 4.79 Å². The molecule has 2 nitrogen and oxygen atoms in total. The molecule has 0 radical (unpaired) electrons. The van der Waals surface area contributed by atoms with Crippen LogP contribution in [0.1, 0.15) is 65.2 Å². The Hall–Kier alpha value is -0.530. The van der Waals surface area contributed by atoms with E-state index in [0.29, 0.717) is 11.9 Å². The maximum Gasteiger partial charge on any atom is 0.223 e. The molecule has 1 amide bonds. The standard InChI is InChI=1S/C14H25NO/c1-14(2)10-12(14)13(16)15-11-8-6-4-3-5-7-9-11/h11-12H,3-10H2,1-2H3,(H,15,16)/t12-/m1/s1. The summed E-state index contributed by atoms with van der Waals surface area (Å²) in [6, 6.07) is 0.462. The molecule has 0 unspecified atom stereocenters. The van der Waals surface area contributed by atoms with Crippen molar-refractivity contribution in [1.29, 1.82) is 0 Å². The molecule has 0 aliphatic heterocycles. The monoisotopic (exact) mass is 223 g/mol. The van der Waals surface area contributed by atoms with Gasteiger partial charge in [0.15, 0.2) is 0 Å². The molecule has 1 atom stereocenters. The zero-order chi connectivity index (χ0) is 11.6. The molecule has 2 aliphatic rings. The fourth-order valence-electron chi connectivity index (χ4n) is 2.82. The molecule has 0 heterocycles. The van der Waals surface area contributed by atoms with Crippen LogP contribution in [0.5, 0.6) is 0 Å². The van der Waals surface area contributed by atoms with E-state index < -0.39 is 0 Å². The maximum absolute atomic E-state index is 12.0. The number of carbonyl (C=O) groups is 1. The molecule has 0 bridgehead atoms. The molecule has 2 rings (SSSR count). The minimum absolute atomic E-state index is 0.270. The van der Waals surface area contributed by atoms with Gasteiger partial charge in [-0.25, -0.2) is 0 Å². The first-order valence-corrected chi connectivity index (χ1v) is 6.90. The molecule has 92 valence electrons. The summed E-state index contributed by atoms with van der Waals surface area (Å²) < 4.78 is 0. The van der Waals surface area contributed by atoms with Crippen molar-refractivity contribution in [2.24, 2.45) is 11.3 Å². The number of nitrogens with one attached hydrogen (secondary N) is 1. The Labute approximate surface area is 99.2 Å². The smallest absolute Gasteiger partial charge is 0.223 e. The van der Waals surface area contributed by atoms with Crippen molar-refractivity contribution in [3.8, 4) is 0 Å². The van der Waals surface area contributed by atoms with E-state index in [1.165, 1.54) is 44.9 Å². The Balaban J connectivity index is 1.77. The van der Waals surface area contributed by atoms with Gasteiger partial charge in [-0.2, -0.15) is 0 Å². The van der Waals surface area contributed by atoms with Gasteiger partial charge in [0.1, 0.15) is 0 Å². The molecule has 0 aromatic rings. The van der Waals surface area contributed by atoms with Crippen LogP contribution in [0.4, 0.5) is 0 Å². The second kappa shape index (κ2) is 4.77. The van der Waals surface area contributed by atoms with Gasteiger partial charge < -0.3 is 5.32 Å². The Morgan fingerprint density at radius 3 is 2.06 bits per heavy atom. The zero-order valence-electron chi connectivity index (χ0n) is 10.7. The first-order chi connectivity index (χ1) is 7.59. The predicted octanol–water partition coefficient (Wildman–Crippen LogP) is 3.26. The number of hydrogen-bond donors (Lipinski definition) is 1. The summed E-state index contributed by atoms with van der Waals surface area (Å²) in [5, 5.41) is 3.27. The summed E-state index contributed by atoms with van der Waals surface area (Å²) in [5.74, 6) is 0.605. The number of hydrogen-bond acceptors (Lipinski definition) is 1. The van der Waals surface area contributed by atoms with Gasteiger partial charge in [-0.05, 0) is 24.7 Å². The van der Waals surface area contributed by atoms with Gasteiger partial charge in [-0.15, -0.1) is 0 Å². The lowest BCUT2D eigenvalue weighted by Gasteiger charge is -2.21. The van der Waals surface area contributed by atoms with Crippen LogP contribution >= 0.6 is 0 Å². The van der Waals surface area contributed by atoms with Gasteiger partial charge in [0.05, 0.1) is 0 Å². The highest BCUT2D eigenvalue weighted by molar-refractivity contribution is 5.82. The molecule has 2 fully saturated rings. The molecule has 2 heteroatoms. The summed E-state index contributed by atoms with van der Waals surface area (Å²) >= 11 is 0. The van der Waals surface area contributed by atoms with E-state index in [2.05, 4.69) is 19.2 Å². The van der Waals surface area contributed by atoms with Crippen LogP contribution in [0.15, 0.2) is 0 Å². The molecule has 1 N–H and O–H groups in total. The van der Waals surface area contributed by atoms with Crippen molar-refractivity contribution in [1.82, 2.24) is 5.32 Å². The lowest BCUT2D eigenvalue weighted by Crippen LogP contribution is -2.37. The zero-order valence-corrected chi connectivity index (χ0v) is 10.7. The molecule has 2 saturated carbocycles. The number of carbonyl (C=O) groups excluding carboxylic acids is 1. The van der Waals surface area contributed by atoms with E-state index >= 15 is 0 Å². The van der Waals surface area contributed by atoms with E-state index in [1.54, 1.807) is 0 Å². The second-order valence-electron chi connectivity index (χ2n) is 6.30. The lowest BCUT2D eigenvalue weighted by molar-refractivity contribution is -0.123. The number of amides is 1. The lowest BCUT2D eigenvalue weighted by atomic mass is 9.96.